The molecule has 1 fully saturated rings. The summed E-state index contributed by atoms with van der Waals surface area (Å²) in [6, 6.07) is 0. The van der Waals surface area contributed by atoms with Crippen LogP contribution >= 0.6 is 0 Å². The van der Waals surface area contributed by atoms with Crippen LogP contribution in [0.3, 0.4) is 0 Å². The normalized spacial score (nSPS) is 15.4. The van der Waals surface area contributed by atoms with Crippen LogP contribution in [0.25, 0.3) is 0 Å². The number of carbonyl (C=O) groups is 2. The molecular weight excluding hydrogens is 218 g/mol. The van der Waals surface area contributed by atoms with Crippen molar-refractivity contribution in [1.82, 2.24) is 15.1 Å². The van der Waals surface area contributed by atoms with Gasteiger partial charge in [-0.2, -0.15) is 0 Å². The van der Waals surface area contributed by atoms with E-state index in [1.165, 1.54) is 0 Å². The molecule has 1 saturated heterocycles. The van der Waals surface area contributed by atoms with Gasteiger partial charge in [0.25, 0.3) is 0 Å². The Labute approximate surface area is 103 Å². The Kier molecular flexibility index (Phi) is 5.97. The fourth-order valence-electron chi connectivity index (χ4n) is 1.99. The highest BCUT2D eigenvalue weighted by atomic mass is 16.2. The fraction of sp³-hybridized carbons (Fsp3) is 0.833. The van der Waals surface area contributed by atoms with Gasteiger partial charge in [-0.15, -0.1) is 0 Å². The molecule has 5 heteroatoms. The maximum Gasteiger partial charge on any atom is 0.236 e. The molecule has 0 atom stereocenters. The van der Waals surface area contributed by atoms with Crippen LogP contribution in [0.5, 0.6) is 0 Å². The highest BCUT2D eigenvalue weighted by Crippen LogP contribution is 2.07. The van der Waals surface area contributed by atoms with Crippen LogP contribution in [0.2, 0.25) is 0 Å². The van der Waals surface area contributed by atoms with E-state index in [9.17, 15) is 9.59 Å². The summed E-state index contributed by atoms with van der Waals surface area (Å²) >= 11 is 0. The van der Waals surface area contributed by atoms with Crippen molar-refractivity contribution >= 4 is 11.8 Å². The van der Waals surface area contributed by atoms with Gasteiger partial charge in [-0.25, -0.2) is 0 Å². The van der Waals surface area contributed by atoms with Crippen molar-refractivity contribution in [3.05, 3.63) is 0 Å². The van der Waals surface area contributed by atoms with Crippen molar-refractivity contribution in [2.24, 2.45) is 0 Å². The number of rotatable bonds is 6. The molecule has 0 aliphatic carbocycles. The molecule has 1 heterocycles. The van der Waals surface area contributed by atoms with E-state index in [0.717, 1.165) is 32.5 Å². The molecule has 0 radical (unpaired) electrons. The maximum atomic E-state index is 11.9. The Morgan fingerprint density at radius 3 is 2.35 bits per heavy atom. The van der Waals surface area contributed by atoms with Crippen molar-refractivity contribution in [1.29, 1.82) is 0 Å². The zero-order chi connectivity index (χ0) is 12.7. The molecule has 0 bridgehead atoms. The van der Waals surface area contributed by atoms with Crippen LogP contribution in [0.4, 0.5) is 0 Å². The highest BCUT2D eigenvalue weighted by Gasteiger charge is 2.20. The number of hydrogen-bond acceptors (Lipinski definition) is 3. The smallest absolute Gasteiger partial charge is 0.236 e. The van der Waals surface area contributed by atoms with E-state index >= 15 is 0 Å². The van der Waals surface area contributed by atoms with Crippen LogP contribution in [0, 0.1) is 0 Å². The van der Waals surface area contributed by atoms with Crippen molar-refractivity contribution in [3.8, 4) is 0 Å². The highest BCUT2D eigenvalue weighted by molar-refractivity contribution is 5.81. The van der Waals surface area contributed by atoms with Gasteiger partial charge in [-0.1, -0.05) is 6.92 Å². The quantitative estimate of drug-likeness (QED) is 0.716. The topological polar surface area (TPSA) is 52.7 Å². The van der Waals surface area contributed by atoms with E-state index in [1.807, 2.05) is 23.6 Å². The molecule has 0 unspecified atom stereocenters. The Morgan fingerprint density at radius 2 is 1.82 bits per heavy atom. The lowest BCUT2D eigenvalue weighted by molar-refractivity contribution is -0.132. The van der Waals surface area contributed by atoms with Gasteiger partial charge in [0.1, 0.15) is 0 Å². The number of nitrogens with one attached hydrogen (secondary N) is 1. The first-order valence-corrected chi connectivity index (χ1v) is 6.44. The fourth-order valence-corrected chi connectivity index (χ4v) is 1.99. The van der Waals surface area contributed by atoms with Crippen LogP contribution in [-0.4, -0.2) is 60.9 Å². The zero-order valence-corrected chi connectivity index (χ0v) is 10.9. The molecule has 2 amide bonds. The Morgan fingerprint density at radius 1 is 1.18 bits per heavy atom. The minimum atomic E-state index is -0.0106. The Hall–Kier alpha value is -1.10. The minimum absolute atomic E-state index is 0.0106. The number of likely N-dealkylation sites (tertiary alicyclic amines) is 1. The standard InChI is InChI=1S/C12H23N3O2/c1-3-13-11(16)9-14(4-2)10-12(17)15-7-5-6-8-15/h3-10H2,1-2H3,(H,13,16). The summed E-state index contributed by atoms with van der Waals surface area (Å²) in [4.78, 5) is 27.1. The van der Waals surface area contributed by atoms with E-state index in [-0.39, 0.29) is 11.8 Å². The minimum Gasteiger partial charge on any atom is -0.355 e. The molecule has 1 rings (SSSR count). The molecule has 1 aliphatic heterocycles. The maximum absolute atomic E-state index is 11.9. The Balaban J connectivity index is 2.34. The van der Waals surface area contributed by atoms with Gasteiger partial charge in [-0.05, 0) is 26.3 Å². The lowest BCUT2D eigenvalue weighted by Gasteiger charge is -2.22. The molecule has 0 spiro atoms. The number of carbonyl (C=O) groups excluding carboxylic acids is 2. The second kappa shape index (κ2) is 7.27. The lowest BCUT2D eigenvalue weighted by Crippen LogP contribution is -2.43. The van der Waals surface area contributed by atoms with E-state index in [2.05, 4.69) is 5.32 Å². The molecule has 98 valence electrons. The molecule has 0 aromatic rings. The molecule has 17 heavy (non-hydrogen) atoms. The molecule has 0 aromatic carbocycles. The van der Waals surface area contributed by atoms with Gasteiger partial charge in [0, 0.05) is 19.6 Å². The van der Waals surface area contributed by atoms with E-state index < -0.39 is 0 Å². The van der Waals surface area contributed by atoms with Gasteiger partial charge in [0.2, 0.25) is 11.8 Å². The first-order valence-electron chi connectivity index (χ1n) is 6.44. The zero-order valence-electron chi connectivity index (χ0n) is 10.9. The summed E-state index contributed by atoms with van der Waals surface area (Å²) in [6.45, 7) is 7.62. The van der Waals surface area contributed by atoms with E-state index in [1.54, 1.807) is 0 Å². The predicted molar refractivity (Wildman–Crippen MR) is 66.6 cm³/mol. The van der Waals surface area contributed by atoms with Gasteiger partial charge >= 0.3 is 0 Å². The number of nitrogens with zero attached hydrogens (tertiary/aromatic N) is 2. The molecular formula is C12H23N3O2. The molecule has 5 nitrogen and oxygen atoms in total. The molecule has 0 saturated carbocycles. The van der Waals surface area contributed by atoms with Gasteiger partial charge in [0.15, 0.2) is 0 Å². The third kappa shape index (κ3) is 4.73. The number of likely N-dealkylation sites (N-methyl/N-ethyl adjacent to an activating group) is 2. The van der Waals surface area contributed by atoms with Gasteiger partial charge in [0.05, 0.1) is 13.1 Å². The summed E-state index contributed by atoms with van der Waals surface area (Å²) in [6.07, 6.45) is 2.21. The Bertz CT molecular complexity index is 262. The van der Waals surface area contributed by atoms with Gasteiger partial charge in [-0.3, -0.25) is 14.5 Å². The van der Waals surface area contributed by atoms with Crippen LogP contribution in [0.1, 0.15) is 26.7 Å². The molecule has 0 aromatic heterocycles. The summed E-state index contributed by atoms with van der Waals surface area (Å²) in [5.41, 5.74) is 0. The summed E-state index contributed by atoms with van der Waals surface area (Å²) in [5, 5.41) is 2.75. The van der Waals surface area contributed by atoms with Crippen molar-refractivity contribution in [3.63, 3.8) is 0 Å². The summed E-state index contributed by atoms with van der Waals surface area (Å²) < 4.78 is 0. The SMILES string of the molecule is CCNC(=O)CN(CC)CC(=O)N1CCCC1. The third-order valence-corrected chi connectivity index (χ3v) is 3.01. The summed E-state index contributed by atoms with van der Waals surface area (Å²) in [7, 11) is 0. The second-order valence-electron chi connectivity index (χ2n) is 4.34. The average Bonchev–Trinajstić information content (AvgIpc) is 2.81. The molecule has 1 N–H and O–H groups in total. The first-order chi connectivity index (χ1) is 8.17. The second-order valence-corrected chi connectivity index (χ2v) is 4.34. The van der Waals surface area contributed by atoms with Crippen LogP contribution in [-0.2, 0) is 9.59 Å². The largest absolute Gasteiger partial charge is 0.355 e. The van der Waals surface area contributed by atoms with E-state index in [0.29, 0.717) is 19.6 Å². The van der Waals surface area contributed by atoms with Crippen molar-refractivity contribution < 1.29 is 9.59 Å². The monoisotopic (exact) mass is 241 g/mol. The average molecular weight is 241 g/mol. The lowest BCUT2D eigenvalue weighted by atomic mass is 10.4. The van der Waals surface area contributed by atoms with Crippen LogP contribution < -0.4 is 5.32 Å². The summed E-state index contributed by atoms with van der Waals surface area (Å²) in [5.74, 6) is 0.136. The van der Waals surface area contributed by atoms with Crippen LogP contribution in [0.15, 0.2) is 0 Å². The van der Waals surface area contributed by atoms with Crippen molar-refractivity contribution in [2.75, 3.05) is 39.3 Å². The third-order valence-electron chi connectivity index (χ3n) is 3.01. The van der Waals surface area contributed by atoms with Gasteiger partial charge < -0.3 is 10.2 Å². The number of amides is 2. The first kappa shape index (κ1) is 14.0. The molecule has 1 aliphatic rings. The van der Waals surface area contributed by atoms with E-state index in [4.69, 9.17) is 0 Å². The predicted octanol–water partition coefficient (Wildman–Crippen LogP) is 0.0668. The number of hydrogen-bond donors (Lipinski definition) is 1. The van der Waals surface area contributed by atoms with Crippen molar-refractivity contribution in [2.45, 2.75) is 26.7 Å².